The van der Waals surface area contributed by atoms with Crippen molar-refractivity contribution in [2.75, 3.05) is 0 Å². The van der Waals surface area contributed by atoms with Crippen molar-refractivity contribution in [2.45, 2.75) is 0 Å². The molecule has 2 aromatic heterocycles. The van der Waals surface area contributed by atoms with E-state index in [9.17, 15) is 5.11 Å². The molecule has 5 heteroatoms. The Hall–Kier alpha value is -1.88. The Bertz CT molecular complexity index is 736. The zero-order chi connectivity index (χ0) is 12.7. The summed E-state index contributed by atoms with van der Waals surface area (Å²) in [4.78, 5) is 8.69. The number of para-hydroxylation sites is 1. The van der Waals surface area contributed by atoms with Crippen LogP contribution in [0.25, 0.3) is 22.4 Å². The molecule has 0 atom stereocenters. The fraction of sp³-hybridized carbons (Fsp3) is 0.0769. The minimum Gasteiger partial charge on any atom is -0.507 e. The quantitative estimate of drug-likeness (QED) is 0.703. The summed E-state index contributed by atoms with van der Waals surface area (Å²) < 4.78 is 2.65. The molecule has 3 rings (SSSR count). The average molecular weight is 304 g/mol. The number of hydrogen-bond acceptors (Lipinski definition) is 3. The van der Waals surface area contributed by atoms with Gasteiger partial charge in [-0.15, -0.1) is 0 Å². The highest BCUT2D eigenvalue weighted by atomic mass is 79.9. The van der Waals surface area contributed by atoms with Crippen molar-refractivity contribution in [1.29, 1.82) is 0 Å². The van der Waals surface area contributed by atoms with Gasteiger partial charge in [0.2, 0.25) is 0 Å². The lowest BCUT2D eigenvalue weighted by atomic mass is 10.2. The second-order valence-electron chi connectivity index (χ2n) is 3.98. The first kappa shape index (κ1) is 11.2. The molecule has 0 radical (unpaired) electrons. The SMILES string of the molecule is Cn1c(-c2ccccc2O)nc2c(Br)nccc21. The van der Waals surface area contributed by atoms with E-state index < -0.39 is 0 Å². The van der Waals surface area contributed by atoms with Crippen molar-refractivity contribution in [3.05, 3.63) is 41.1 Å². The van der Waals surface area contributed by atoms with Crippen LogP contribution in [0.3, 0.4) is 0 Å². The third-order valence-corrected chi connectivity index (χ3v) is 3.48. The maximum Gasteiger partial charge on any atom is 0.144 e. The number of hydrogen-bond donors (Lipinski definition) is 1. The number of aromatic hydroxyl groups is 1. The number of phenolic OH excluding ortho intramolecular Hbond substituents is 1. The predicted molar refractivity (Wildman–Crippen MR) is 73.3 cm³/mol. The minimum atomic E-state index is 0.222. The zero-order valence-corrected chi connectivity index (χ0v) is 11.2. The van der Waals surface area contributed by atoms with E-state index in [2.05, 4.69) is 25.9 Å². The highest BCUT2D eigenvalue weighted by Crippen LogP contribution is 2.31. The summed E-state index contributed by atoms with van der Waals surface area (Å²) in [6.45, 7) is 0. The van der Waals surface area contributed by atoms with Crippen molar-refractivity contribution < 1.29 is 5.11 Å². The van der Waals surface area contributed by atoms with Gasteiger partial charge in [0.05, 0.1) is 11.1 Å². The summed E-state index contributed by atoms with van der Waals surface area (Å²) in [5, 5.41) is 9.90. The van der Waals surface area contributed by atoms with E-state index in [0.29, 0.717) is 10.2 Å². The van der Waals surface area contributed by atoms with Crippen LogP contribution >= 0.6 is 15.9 Å². The molecule has 0 aliphatic heterocycles. The molecule has 0 bridgehead atoms. The van der Waals surface area contributed by atoms with Crippen LogP contribution in [-0.2, 0) is 7.05 Å². The Morgan fingerprint density at radius 1 is 1.22 bits per heavy atom. The maximum atomic E-state index is 9.90. The Morgan fingerprint density at radius 3 is 2.72 bits per heavy atom. The molecule has 0 unspecified atom stereocenters. The van der Waals surface area contributed by atoms with E-state index in [1.54, 1.807) is 18.3 Å². The fourth-order valence-electron chi connectivity index (χ4n) is 1.99. The Kier molecular flexibility index (Phi) is 2.56. The smallest absolute Gasteiger partial charge is 0.144 e. The third kappa shape index (κ3) is 1.59. The van der Waals surface area contributed by atoms with Crippen LogP contribution < -0.4 is 0 Å². The van der Waals surface area contributed by atoms with Gasteiger partial charge in [0.1, 0.15) is 21.7 Å². The Balaban J connectivity index is 2.35. The van der Waals surface area contributed by atoms with Gasteiger partial charge in [-0.2, -0.15) is 0 Å². The van der Waals surface area contributed by atoms with Gasteiger partial charge in [0.15, 0.2) is 0 Å². The molecule has 2 heterocycles. The van der Waals surface area contributed by atoms with Crippen LogP contribution in [0, 0.1) is 0 Å². The normalized spacial score (nSPS) is 11.0. The van der Waals surface area contributed by atoms with Crippen molar-refractivity contribution in [3.8, 4) is 17.1 Å². The lowest BCUT2D eigenvalue weighted by Gasteiger charge is -2.04. The van der Waals surface area contributed by atoms with Crippen molar-refractivity contribution in [2.24, 2.45) is 7.05 Å². The number of aromatic nitrogens is 3. The number of halogens is 1. The first-order valence-corrected chi connectivity index (χ1v) is 6.23. The van der Waals surface area contributed by atoms with Gasteiger partial charge >= 0.3 is 0 Å². The van der Waals surface area contributed by atoms with Gasteiger partial charge in [-0.3, -0.25) is 0 Å². The monoisotopic (exact) mass is 303 g/mol. The molecule has 90 valence electrons. The van der Waals surface area contributed by atoms with Crippen LogP contribution in [-0.4, -0.2) is 19.6 Å². The van der Waals surface area contributed by atoms with E-state index in [0.717, 1.165) is 16.9 Å². The predicted octanol–water partition coefficient (Wildman–Crippen LogP) is 3.10. The number of phenols is 1. The van der Waals surface area contributed by atoms with Gasteiger partial charge < -0.3 is 9.67 Å². The van der Waals surface area contributed by atoms with E-state index >= 15 is 0 Å². The zero-order valence-electron chi connectivity index (χ0n) is 9.63. The van der Waals surface area contributed by atoms with Crippen LogP contribution in [0.5, 0.6) is 5.75 Å². The molecule has 0 saturated carbocycles. The summed E-state index contributed by atoms with van der Waals surface area (Å²) in [6, 6.07) is 9.07. The topological polar surface area (TPSA) is 50.9 Å². The first-order valence-electron chi connectivity index (χ1n) is 5.44. The number of rotatable bonds is 1. The maximum absolute atomic E-state index is 9.90. The van der Waals surface area contributed by atoms with Gasteiger partial charge in [0, 0.05) is 13.2 Å². The van der Waals surface area contributed by atoms with Gasteiger partial charge in [-0.1, -0.05) is 12.1 Å². The highest BCUT2D eigenvalue weighted by molar-refractivity contribution is 9.10. The molecule has 1 aromatic carbocycles. The van der Waals surface area contributed by atoms with Crippen molar-refractivity contribution >= 4 is 27.0 Å². The summed E-state index contributed by atoms with van der Waals surface area (Å²) in [5.74, 6) is 0.941. The fourth-order valence-corrected chi connectivity index (χ4v) is 2.40. The van der Waals surface area contributed by atoms with E-state index in [-0.39, 0.29) is 5.75 Å². The second-order valence-corrected chi connectivity index (χ2v) is 4.73. The average Bonchev–Trinajstić information content (AvgIpc) is 2.70. The lowest BCUT2D eigenvalue weighted by molar-refractivity contribution is 0.476. The van der Waals surface area contributed by atoms with Crippen molar-refractivity contribution in [1.82, 2.24) is 14.5 Å². The lowest BCUT2D eigenvalue weighted by Crippen LogP contribution is -1.92. The molecule has 0 aliphatic rings. The number of fused-ring (bicyclic) bond motifs is 1. The Labute approximate surface area is 112 Å². The first-order chi connectivity index (χ1) is 8.68. The molecule has 4 nitrogen and oxygen atoms in total. The summed E-state index contributed by atoms with van der Waals surface area (Å²) in [7, 11) is 1.92. The molecule has 18 heavy (non-hydrogen) atoms. The molecule has 0 aliphatic carbocycles. The summed E-state index contributed by atoms with van der Waals surface area (Å²) in [5.41, 5.74) is 2.47. The van der Waals surface area contributed by atoms with Gasteiger partial charge in [-0.05, 0) is 34.1 Å². The molecule has 3 aromatic rings. The summed E-state index contributed by atoms with van der Waals surface area (Å²) in [6.07, 6.45) is 1.72. The Morgan fingerprint density at radius 2 is 2.00 bits per heavy atom. The van der Waals surface area contributed by atoms with E-state index in [1.807, 2.05) is 29.8 Å². The van der Waals surface area contributed by atoms with Gasteiger partial charge in [-0.25, -0.2) is 9.97 Å². The van der Waals surface area contributed by atoms with E-state index in [4.69, 9.17) is 0 Å². The standard InChI is InChI=1S/C13H10BrN3O/c1-17-9-6-7-15-12(14)11(9)16-13(17)8-4-2-3-5-10(8)18/h2-7,18H,1H3. The minimum absolute atomic E-state index is 0.222. The number of aryl methyl sites for hydroxylation is 1. The molecule has 0 fully saturated rings. The highest BCUT2D eigenvalue weighted by Gasteiger charge is 2.14. The molecule has 0 amide bonds. The second kappa shape index (κ2) is 4.10. The number of benzene rings is 1. The van der Waals surface area contributed by atoms with Gasteiger partial charge in [0.25, 0.3) is 0 Å². The molecule has 1 N–H and O–H groups in total. The molecule has 0 spiro atoms. The molecular weight excluding hydrogens is 294 g/mol. The number of nitrogens with zero attached hydrogens (tertiary/aromatic N) is 3. The van der Waals surface area contributed by atoms with Crippen LogP contribution in [0.2, 0.25) is 0 Å². The number of pyridine rings is 1. The number of imidazole rings is 1. The van der Waals surface area contributed by atoms with Crippen LogP contribution in [0.15, 0.2) is 41.1 Å². The largest absolute Gasteiger partial charge is 0.507 e. The molecular formula is C13H10BrN3O. The van der Waals surface area contributed by atoms with Crippen molar-refractivity contribution in [3.63, 3.8) is 0 Å². The third-order valence-electron chi connectivity index (χ3n) is 2.90. The van der Waals surface area contributed by atoms with Crippen LogP contribution in [0.1, 0.15) is 0 Å². The molecule has 0 saturated heterocycles. The van der Waals surface area contributed by atoms with Crippen LogP contribution in [0.4, 0.5) is 0 Å². The summed E-state index contributed by atoms with van der Waals surface area (Å²) >= 11 is 3.39. The van der Waals surface area contributed by atoms with E-state index in [1.165, 1.54) is 0 Å².